The van der Waals surface area contributed by atoms with Crippen molar-refractivity contribution in [2.45, 2.75) is 12.8 Å². The topological polar surface area (TPSA) is 28.2 Å². The zero-order valence-electron chi connectivity index (χ0n) is 14.8. The summed E-state index contributed by atoms with van der Waals surface area (Å²) in [7, 11) is 4.19. The van der Waals surface area contributed by atoms with E-state index >= 15 is 0 Å². The quantitative estimate of drug-likeness (QED) is 0.628. The second-order valence-electron chi connectivity index (χ2n) is 6.52. The third kappa shape index (κ3) is 4.54. The molecule has 0 spiro atoms. The van der Waals surface area contributed by atoms with E-state index in [9.17, 15) is 4.39 Å². The molecule has 3 rings (SSSR count). The van der Waals surface area contributed by atoms with Gasteiger partial charge in [-0.2, -0.15) is 0 Å². The first-order chi connectivity index (χ1) is 12.1. The van der Waals surface area contributed by atoms with E-state index in [2.05, 4.69) is 36.4 Å². The van der Waals surface area contributed by atoms with E-state index in [1.54, 1.807) is 12.1 Å². The van der Waals surface area contributed by atoms with Gasteiger partial charge in [-0.3, -0.25) is 0 Å². The molecule has 0 radical (unpaired) electrons. The Balaban J connectivity index is 1.84. The number of unbranched alkanes of at least 4 members (excludes halogenated alkanes) is 1. The lowest BCUT2D eigenvalue weighted by molar-refractivity contribution is 0.396. The van der Waals surface area contributed by atoms with Crippen molar-refractivity contribution >= 4 is 16.6 Å². The number of halogens is 1. The normalized spacial score (nSPS) is 11.2. The summed E-state index contributed by atoms with van der Waals surface area (Å²) in [6.45, 7) is 2.02. The van der Waals surface area contributed by atoms with E-state index in [1.165, 1.54) is 12.1 Å². The fraction of sp³-hybridized carbons (Fsp3) is 0.286. The molecular formula is C21H24FN3. The Bertz CT molecular complexity index is 828. The van der Waals surface area contributed by atoms with Crippen molar-refractivity contribution in [3.63, 3.8) is 0 Å². The van der Waals surface area contributed by atoms with Crippen LogP contribution in [0.5, 0.6) is 0 Å². The van der Waals surface area contributed by atoms with Gasteiger partial charge in [0.1, 0.15) is 5.82 Å². The number of rotatable bonds is 7. The SMILES string of the molecule is CN(C)CCCCNc1cc(-c2ccc(F)cc2)nc2ccccc12. The van der Waals surface area contributed by atoms with Gasteiger partial charge in [0.05, 0.1) is 11.2 Å². The average molecular weight is 337 g/mol. The van der Waals surface area contributed by atoms with Crippen LogP contribution in [0.25, 0.3) is 22.2 Å². The molecule has 0 aliphatic heterocycles. The highest BCUT2D eigenvalue weighted by molar-refractivity contribution is 5.93. The van der Waals surface area contributed by atoms with Gasteiger partial charge in [0.25, 0.3) is 0 Å². The summed E-state index contributed by atoms with van der Waals surface area (Å²) < 4.78 is 13.2. The van der Waals surface area contributed by atoms with Gasteiger partial charge in [0, 0.05) is 23.2 Å². The summed E-state index contributed by atoms with van der Waals surface area (Å²) >= 11 is 0. The lowest BCUT2D eigenvalue weighted by Gasteiger charge is -2.13. The van der Waals surface area contributed by atoms with Crippen LogP contribution in [0.2, 0.25) is 0 Å². The van der Waals surface area contributed by atoms with Crippen LogP contribution in [-0.2, 0) is 0 Å². The van der Waals surface area contributed by atoms with E-state index in [1.807, 2.05) is 18.2 Å². The van der Waals surface area contributed by atoms with E-state index in [-0.39, 0.29) is 5.82 Å². The highest BCUT2D eigenvalue weighted by Crippen LogP contribution is 2.28. The van der Waals surface area contributed by atoms with Crippen LogP contribution in [0.4, 0.5) is 10.1 Å². The van der Waals surface area contributed by atoms with Gasteiger partial charge in [-0.05, 0) is 69.9 Å². The first-order valence-electron chi connectivity index (χ1n) is 8.68. The average Bonchev–Trinajstić information content (AvgIpc) is 2.61. The van der Waals surface area contributed by atoms with Gasteiger partial charge in [-0.15, -0.1) is 0 Å². The van der Waals surface area contributed by atoms with Gasteiger partial charge in [-0.25, -0.2) is 9.37 Å². The smallest absolute Gasteiger partial charge is 0.123 e. The minimum absolute atomic E-state index is 0.233. The van der Waals surface area contributed by atoms with Gasteiger partial charge in [0.15, 0.2) is 0 Å². The van der Waals surface area contributed by atoms with E-state index in [0.29, 0.717) is 0 Å². The zero-order chi connectivity index (χ0) is 17.6. The summed E-state index contributed by atoms with van der Waals surface area (Å²) in [6, 6.07) is 16.7. The second-order valence-corrected chi connectivity index (χ2v) is 6.52. The summed E-state index contributed by atoms with van der Waals surface area (Å²) in [5.41, 5.74) is 3.80. The molecule has 4 heteroatoms. The van der Waals surface area contributed by atoms with Crippen molar-refractivity contribution in [1.29, 1.82) is 0 Å². The number of aromatic nitrogens is 1. The second kappa shape index (κ2) is 8.08. The number of nitrogens with one attached hydrogen (secondary N) is 1. The predicted molar refractivity (Wildman–Crippen MR) is 103 cm³/mol. The van der Waals surface area contributed by atoms with E-state index < -0.39 is 0 Å². The summed E-state index contributed by atoms with van der Waals surface area (Å²) in [5, 5.41) is 4.66. The summed E-state index contributed by atoms with van der Waals surface area (Å²) in [5.74, 6) is -0.233. The molecule has 0 aliphatic carbocycles. The van der Waals surface area contributed by atoms with Gasteiger partial charge in [-0.1, -0.05) is 18.2 Å². The van der Waals surface area contributed by atoms with Gasteiger partial charge in [0.2, 0.25) is 0 Å². The molecule has 130 valence electrons. The van der Waals surface area contributed by atoms with Crippen LogP contribution in [0.1, 0.15) is 12.8 Å². The molecule has 0 bridgehead atoms. The van der Waals surface area contributed by atoms with Gasteiger partial charge >= 0.3 is 0 Å². The minimum Gasteiger partial charge on any atom is -0.384 e. The maximum absolute atomic E-state index is 13.2. The molecule has 0 amide bonds. The monoisotopic (exact) mass is 337 g/mol. The molecular weight excluding hydrogens is 313 g/mol. The summed E-state index contributed by atoms with van der Waals surface area (Å²) in [4.78, 5) is 6.94. The first kappa shape index (κ1) is 17.4. The number of pyridine rings is 1. The fourth-order valence-corrected chi connectivity index (χ4v) is 2.87. The number of fused-ring (bicyclic) bond motifs is 1. The molecule has 0 saturated carbocycles. The van der Waals surface area contributed by atoms with Crippen molar-refractivity contribution in [3.8, 4) is 11.3 Å². The lowest BCUT2D eigenvalue weighted by atomic mass is 10.1. The molecule has 2 aromatic carbocycles. The number of nitrogens with zero attached hydrogens (tertiary/aromatic N) is 2. The van der Waals surface area contributed by atoms with Crippen LogP contribution in [0.15, 0.2) is 54.6 Å². The number of hydrogen-bond donors (Lipinski definition) is 1. The lowest BCUT2D eigenvalue weighted by Crippen LogP contribution is -2.14. The highest BCUT2D eigenvalue weighted by Gasteiger charge is 2.07. The van der Waals surface area contributed by atoms with Gasteiger partial charge < -0.3 is 10.2 Å². The molecule has 0 saturated heterocycles. The predicted octanol–water partition coefficient (Wildman–Crippen LogP) is 4.79. The molecule has 25 heavy (non-hydrogen) atoms. The Kier molecular flexibility index (Phi) is 5.61. The summed E-state index contributed by atoms with van der Waals surface area (Å²) in [6.07, 6.45) is 2.27. The molecule has 0 aliphatic rings. The van der Waals surface area contributed by atoms with E-state index in [4.69, 9.17) is 4.98 Å². The third-order valence-electron chi connectivity index (χ3n) is 4.20. The number of hydrogen-bond acceptors (Lipinski definition) is 3. The Morgan fingerprint density at radius 3 is 2.52 bits per heavy atom. The molecule has 0 fully saturated rings. The maximum Gasteiger partial charge on any atom is 0.123 e. The first-order valence-corrected chi connectivity index (χ1v) is 8.68. The number of benzene rings is 2. The maximum atomic E-state index is 13.2. The zero-order valence-corrected chi connectivity index (χ0v) is 14.8. The fourth-order valence-electron chi connectivity index (χ4n) is 2.87. The molecule has 3 aromatic rings. The van der Waals surface area contributed by atoms with Crippen LogP contribution in [0.3, 0.4) is 0 Å². The molecule has 0 atom stereocenters. The molecule has 3 nitrogen and oxygen atoms in total. The number of para-hydroxylation sites is 1. The molecule has 1 heterocycles. The van der Waals surface area contributed by atoms with Crippen molar-refractivity contribution in [3.05, 3.63) is 60.4 Å². The van der Waals surface area contributed by atoms with Crippen molar-refractivity contribution in [2.24, 2.45) is 0 Å². The van der Waals surface area contributed by atoms with Crippen LogP contribution in [0, 0.1) is 5.82 Å². The molecule has 1 aromatic heterocycles. The largest absolute Gasteiger partial charge is 0.384 e. The molecule has 0 unspecified atom stereocenters. The van der Waals surface area contributed by atoms with Crippen LogP contribution < -0.4 is 5.32 Å². The van der Waals surface area contributed by atoms with Crippen LogP contribution in [-0.4, -0.2) is 37.1 Å². The van der Waals surface area contributed by atoms with E-state index in [0.717, 1.165) is 53.8 Å². The Morgan fingerprint density at radius 2 is 1.76 bits per heavy atom. The minimum atomic E-state index is -0.233. The van der Waals surface area contributed by atoms with Crippen molar-refractivity contribution in [1.82, 2.24) is 9.88 Å². The van der Waals surface area contributed by atoms with Crippen LogP contribution >= 0.6 is 0 Å². The number of anilines is 1. The Labute approximate surface area is 148 Å². The molecule has 1 N–H and O–H groups in total. The third-order valence-corrected chi connectivity index (χ3v) is 4.20. The highest BCUT2D eigenvalue weighted by atomic mass is 19.1. The van der Waals surface area contributed by atoms with Crippen molar-refractivity contribution < 1.29 is 4.39 Å². The Hall–Kier alpha value is -2.46. The Morgan fingerprint density at radius 1 is 1.00 bits per heavy atom. The van der Waals surface area contributed by atoms with Crippen molar-refractivity contribution in [2.75, 3.05) is 32.5 Å². The standard InChI is InChI=1S/C21H24FN3/c1-25(2)14-6-5-13-23-21-15-20(16-9-11-17(22)12-10-16)24-19-8-4-3-7-18(19)21/h3-4,7-12,15H,5-6,13-14H2,1-2H3,(H,23,24).